The first-order valence-electron chi connectivity index (χ1n) is 9.84. The minimum atomic E-state index is -0.255. The molecule has 28 heavy (non-hydrogen) atoms. The van der Waals surface area contributed by atoms with E-state index >= 15 is 0 Å². The summed E-state index contributed by atoms with van der Waals surface area (Å²) in [4.78, 5) is 19.1. The van der Waals surface area contributed by atoms with Crippen molar-refractivity contribution < 1.29 is 14.3 Å². The van der Waals surface area contributed by atoms with Gasteiger partial charge in [0.2, 0.25) is 0 Å². The van der Waals surface area contributed by atoms with Crippen LogP contribution in [0.15, 0.2) is 47.5 Å². The van der Waals surface area contributed by atoms with Crippen molar-refractivity contribution in [2.45, 2.75) is 26.9 Å². The molecule has 0 radical (unpaired) electrons. The first kappa shape index (κ1) is 20.1. The van der Waals surface area contributed by atoms with Gasteiger partial charge in [0.1, 0.15) is 12.4 Å². The normalized spacial score (nSPS) is 14.2. The number of carbonyl (C=O) groups is 1. The van der Waals surface area contributed by atoms with Crippen LogP contribution in [0.4, 0.5) is 0 Å². The van der Waals surface area contributed by atoms with Crippen molar-refractivity contribution >= 4 is 11.7 Å². The molecule has 1 aliphatic heterocycles. The van der Waals surface area contributed by atoms with E-state index in [1.165, 1.54) is 7.11 Å². The molecule has 2 aromatic rings. The molecule has 0 saturated carbocycles. The van der Waals surface area contributed by atoms with E-state index in [9.17, 15) is 4.79 Å². The van der Waals surface area contributed by atoms with Gasteiger partial charge in [-0.1, -0.05) is 44.2 Å². The first-order valence-corrected chi connectivity index (χ1v) is 9.84. The smallest absolute Gasteiger partial charge is 0.309 e. The largest absolute Gasteiger partial charge is 0.488 e. The topological polar surface area (TPSA) is 51.1 Å². The van der Waals surface area contributed by atoms with Crippen LogP contribution in [0.3, 0.4) is 0 Å². The maximum atomic E-state index is 11.7. The van der Waals surface area contributed by atoms with Crippen molar-refractivity contribution in [3.8, 4) is 5.75 Å². The minimum absolute atomic E-state index is 0.234. The number of methoxy groups -OCH3 is 1. The van der Waals surface area contributed by atoms with E-state index in [1.807, 2.05) is 30.3 Å². The van der Waals surface area contributed by atoms with E-state index in [4.69, 9.17) is 14.5 Å². The molecule has 3 rings (SSSR count). The Balaban J connectivity index is 2.00. The summed E-state index contributed by atoms with van der Waals surface area (Å²) in [6.07, 6.45) is 0.234. The van der Waals surface area contributed by atoms with E-state index in [-0.39, 0.29) is 12.4 Å². The zero-order valence-electron chi connectivity index (χ0n) is 16.9. The lowest BCUT2D eigenvalue weighted by molar-refractivity contribution is -0.139. The molecule has 0 aliphatic carbocycles. The van der Waals surface area contributed by atoms with Crippen LogP contribution < -0.4 is 4.74 Å². The second-order valence-electron chi connectivity index (χ2n) is 6.79. The molecule has 0 fully saturated rings. The van der Waals surface area contributed by atoms with E-state index < -0.39 is 0 Å². The van der Waals surface area contributed by atoms with Gasteiger partial charge in [-0.05, 0) is 36.3 Å². The first-order chi connectivity index (χ1) is 13.7. The quantitative estimate of drug-likeness (QED) is 0.690. The number of hydrogen-bond acceptors (Lipinski definition) is 5. The molecule has 148 valence electrons. The van der Waals surface area contributed by atoms with Crippen LogP contribution in [-0.4, -0.2) is 49.9 Å². The van der Waals surface area contributed by atoms with Crippen molar-refractivity contribution in [1.82, 2.24) is 4.90 Å². The Labute approximate surface area is 167 Å². The summed E-state index contributed by atoms with van der Waals surface area (Å²) in [6, 6.07) is 14.1. The van der Waals surface area contributed by atoms with Crippen LogP contribution in [0.5, 0.6) is 5.75 Å². The molecule has 0 saturated heterocycles. The maximum absolute atomic E-state index is 11.7. The van der Waals surface area contributed by atoms with E-state index in [1.54, 1.807) is 0 Å². The van der Waals surface area contributed by atoms with Gasteiger partial charge in [-0.15, -0.1) is 0 Å². The fraction of sp³-hybridized carbons (Fsp3) is 0.391. The molecule has 0 amide bonds. The standard InChI is InChI=1S/C23H28N2O3/c1-4-25(5-2)13-12-24-23-19-9-7-6-8-18(19)16-28-21-11-10-17(14-20(21)23)15-22(26)27-3/h6-11,14H,4-5,12-13,15-16H2,1-3H3/b24-23+. The third-order valence-corrected chi connectivity index (χ3v) is 5.11. The predicted octanol–water partition coefficient (Wildman–Crippen LogP) is 3.47. The lowest BCUT2D eigenvalue weighted by atomic mass is 9.96. The number of esters is 1. The SMILES string of the molecule is CCN(CC)CC/N=C1\c2ccccc2COc2ccc(CC(=O)OC)cc21. The van der Waals surface area contributed by atoms with E-state index in [0.29, 0.717) is 13.2 Å². The van der Waals surface area contributed by atoms with Gasteiger partial charge in [-0.25, -0.2) is 0 Å². The van der Waals surface area contributed by atoms with Gasteiger partial charge in [0.05, 0.1) is 25.8 Å². The zero-order chi connectivity index (χ0) is 19.9. The van der Waals surface area contributed by atoms with Crippen molar-refractivity contribution in [1.29, 1.82) is 0 Å². The number of aliphatic imine (C=N–C) groups is 1. The van der Waals surface area contributed by atoms with Crippen LogP contribution >= 0.6 is 0 Å². The lowest BCUT2D eigenvalue weighted by Crippen LogP contribution is -2.26. The van der Waals surface area contributed by atoms with Gasteiger partial charge < -0.3 is 14.4 Å². The van der Waals surface area contributed by atoms with Gasteiger partial charge in [-0.2, -0.15) is 0 Å². The molecule has 5 nitrogen and oxygen atoms in total. The molecule has 5 heteroatoms. The third kappa shape index (κ3) is 4.60. The average Bonchev–Trinajstić information content (AvgIpc) is 2.88. The number of benzene rings is 2. The van der Waals surface area contributed by atoms with Crippen LogP contribution in [0.1, 0.15) is 36.1 Å². The van der Waals surface area contributed by atoms with Crippen molar-refractivity contribution in [2.24, 2.45) is 4.99 Å². The van der Waals surface area contributed by atoms with Gasteiger partial charge >= 0.3 is 5.97 Å². The number of rotatable bonds is 7. The molecular formula is C23H28N2O3. The second kappa shape index (κ2) is 9.51. The Hall–Kier alpha value is -2.66. The number of nitrogens with zero attached hydrogens (tertiary/aromatic N) is 2. The fourth-order valence-electron chi connectivity index (χ4n) is 3.43. The van der Waals surface area contributed by atoms with Crippen LogP contribution in [-0.2, 0) is 22.6 Å². The number of hydrogen-bond donors (Lipinski definition) is 0. The average molecular weight is 380 g/mol. The summed E-state index contributed by atoms with van der Waals surface area (Å²) < 4.78 is 10.9. The number of fused-ring (bicyclic) bond motifs is 2. The summed E-state index contributed by atoms with van der Waals surface area (Å²) in [5.74, 6) is 0.543. The fourth-order valence-corrected chi connectivity index (χ4v) is 3.43. The number of ether oxygens (including phenoxy) is 2. The summed E-state index contributed by atoms with van der Waals surface area (Å²) in [5, 5.41) is 0. The van der Waals surface area contributed by atoms with Crippen molar-refractivity contribution in [3.05, 3.63) is 64.7 Å². The highest BCUT2D eigenvalue weighted by Crippen LogP contribution is 2.30. The summed E-state index contributed by atoms with van der Waals surface area (Å²) >= 11 is 0. The molecule has 0 bridgehead atoms. The maximum Gasteiger partial charge on any atom is 0.309 e. The Morgan fingerprint density at radius 2 is 1.93 bits per heavy atom. The zero-order valence-corrected chi connectivity index (χ0v) is 16.9. The number of carbonyl (C=O) groups excluding carboxylic acids is 1. The third-order valence-electron chi connectivity index (χ3n) is 5.11. The highest BCUT2D eigenvalue weighted by atomic mass is 16.5. The monoisotopic (exact) mass is 380 g/mol. The molecule has 0 aromatic heterocycles. The molecule has 0 unspecified atom stereocenters. The minimum Gasteiger partial charge on any atom is -0.488 e. The molecule has 0 spiro atoms. The van der Waals surface area contributed by atoms with Crippen LogP contribution in [0.25, 0.3) is 0 Å². The molecule has 0 atom stereocenters. The summed E-state index contributed by atoms with van der Waals surface area (Å²) in [6.45, 7) is 8.50. The second-order valence-corrected chi connectivity index (χ2v) is 6.79. The van der Waals surface area contributed by atoms with Crippen molar-refractivity contribution in [3.63, 3.8) is 0 Å². The number of likely N-dealkylation sites (N-methyl/N-ethyl adjacent to an activating group) is 1. The Morgan fingerprint density at radius 3 is 2.68 bits per heavy atom. The van der Waals surface area contributed by atoms with Gasteiger partial charge in [0.25, 0.3) is 0 Å². The van der Waals surface area contributed by atoms with Crippen molar-refractivity contribution in [2.75, 3.05) is 33.3 Å². The Kier molecular flexibility index (Phi) is 6.82. The summed E-state index contributed by atoms with van der Waals surface area (Å²) in [5.41, 5.74) is 4.98. The van der Waals surface area contributed by atoms with E-state index in [0.717, 1.165) is 53.3 Å². The molecule has 1 aliphatic rings. The van der Waals surface area contributed by atoms with Crippen LogP contribution in [0.2, 0.25) is 0 Å². The van der Waals surface area contributed by atoms with E-state index in [2.05, 4.69) is 30.9 Å². The van der Waals surface area contributed by atoms with Crippen LogP contribution in [0, 0.1) is 0 Å². The molecule has 2 aromatic carbocycles. The molecule has 0 N–H and O–H groups in total. The molecular weight excluding hydrogens is 352 g/mol. The highest BCUT2D eigenvalue weighted by molar-refractivity contribution is 6.15. The highest BCUT2D eigenvalue weighted by Gasteiger charge is 2.21. The Bertz CT molecular complexity index is 857. The summed E-state index contributed by atoms with van der Waals surface area (Å²) in [7, 11) is 1.41. The van der Waals surface area contributed by atoms with Gasteiger partial charge in [0.15, 0.2) is 0 Å². The van der Waals surface area contributed by atoms with Gasteiger partial charge in [-0.3, -0.25) is 9.79 Å². The predicted molar refractivity (Wildman–Crippen MR) is 111 cm³/mol. The molecule has 1 heterocycles. The lowest BCUT2D eigenvalue weighted by Gasteiger charge is -2.17. The van der Waals surface area contributed by atoms with Gasteiger partial charge in [0, 0.05) is 17.7 Å². The Morgan fingerprint density at radius 1 is 1.14 bits per heavy atom.